The molecule has 2 aliphatic heterocycles. The number of anilines is 2. The van der Waals surface area contributed by atoms with Gasteiger partial charge in [-0.25, -0.2) is 23.4 Å². The summed E-state index contributed by atoms with van der Waals surface area (Å²) in [6.45, 7) is 2.39. The number of rotatable bonds is 8. The lowest BCUT2D eigenvalue weighted by Crippen LogP contribution is -2.39. The van der Waals surface area contributed by atoms with Gasteiger partial charge in [-0.05, 0) is 31.0 Å². The van der Waals surface area contributed by atoms with Crippen molar-refractivity contribution in [2.24, 2.45) is 0 Å². The molecule has 0 bridgehead atoms. The Morgan fingerprint density at radius 2 is 1.86 bits per heavy atom. The summed E-state index contributed by atoms with van der Waals surface area (Å²) in [6, 6.07) is 5.25. The number of benzene rings is 1. The maximum atomic E-state index is 15.2. The van der Waals surface area contributed by atoms with Crippen LogP contribution in [0.25, 0.3) is 11.0 Å². The van der Waals surface area contributed by atoms with Crippen LogP contribution in [-0.4, -0.2) is 71.0 Å². The van der Waals surface area contributed by atoms with E-state index in [1.807, 2.05) is 0 Å². The van der Waals surface area contributed by atoms with Gasteiger partial charge < -0.3 is 29.4 Å². The highest BCUT2D eigenvalue weighted by atomic mass is 19.1. The molecule has 2 saturated heterocycles. The van der Waals surface area contributed by atoms with E-state index in [9.17, 15) is 24.3 Å². The molecule has 0 radical (unpaired) electrons. The van der Waals surface area contributed by atoms with Gasteiger partial charge in [-0.3, -0.25) is 14.5 Å². The van der Waals surface area contributed by atoms with Crippen molar-refractivity contribution in [3.8, 4) is 5.75 Å². The van der Waals surface area contributed by atoms with Gasteiger partial charge in [0.1, 0.15) is 23.4 Å². The second-order valence-corrected chi connectivity index (χ2v) is 11.0. The van der Waals surface area contributed by atoms with Crippen LogP contribution in [-0.2, 0) is 9.53 Å². The molecule has 3 aliphatic rings. The van der Waals surface area contributed by atoms with Crippen LogP contribution in [0, 0.1) is 11.6 Å². The molecule has 14 heteroatoms. The van der Waals surface area contributed by atoms with Crippen molar-refractivity contribution in [3.63, 3.8) is 0 Å². The minimum Gasteiger partial charge on any atom is -0.487 e. The summed E-state index contributed by atoms with van der Waals surface area (Å²) >= 11 is 0. The molecular weight excluding hydrogens is 568 g/mol. The Labute approximate surface area is 243 Å². The molecule has 43 heavy (non-hydrogen) atoms. The second-order valence-electron chi connectivity index (χ2n) is 11.0. The third-order valence-corrected chi connectivity index (χ3v) is 7.83. The molecule has 1 unspecified atom stereocenters. The van der Waals surface area contributed by atoms with Gasteiger partial charge in [0.15, 0.2) is 23.2 Å². The number of pyridine rings is 2. The number of halogens is 2. The monoisotopic (exact) mass is 597 g/mol. The number of aromatic carboxylic acids is 1. The molecule has 1 aromatic carbocycles. The van der Waals surface area contributed by atoms with Crippen LogP contribution in [0.4, 0.5) is 25.1 Å². The smallest absolute Gasteiger partial charge is 0.414 e. The van der Waals surface area contributed by atoms with Crippen LogP contribution in [0.15, 0.2) is 35.3 Å². The number of aromatic nitrogens is 2. The molecule has 3 aromatic rings. The lowest BCUT2D eigenvalue weighted by molar-refractivity contribution is -0.119. The van der Waals surface area contributed by atoms with Gasteiger partial charge in [-0.2, -0.15) is 0 Å². The number of carboxylic acid groups (broad SMARTS) is 1. The maximum Gasteiger partial charge on any atom is 0.414 e. The van der Waals surface area contributed by atoms with E-state index in [1.165, 1.54) is 30.2 Å². The number of nitrogens with zero attached hydrogens (tertiary/aromatic N) is 4. The van der Waals surface area contributed by atoms with E-state index in [1.54, 1.807) is 15.5 Å². The molecule has 4 heterocycles. The number of fused-ring (bicyclic) bond motifs is 1. The van der Waals surface area contributed by atoms with E-state index >= 15 is 8.78 Å². The lowest BCUT2D eigenvalue weighted by atomic mass is 10.1. The molecule has 1 aliphatic carbocycles. The number of carbonyl (C=O) groups is 3. The number of hydrogen-bond donors (Lipinski definition) is 2. The van der Waals surface area contributed by atoms with Gasteiger partial charge in [0.05, 0.1) is 24.2 Å². The van der Waals surface area contributed by atoms with Crippen LogP contribution in [0.5, 0.6) is 5.75 Å². The summed E-state index contributed by atoms with van der Waals surface area (Å²) in [6.07, 6.45) is 2.25. The minimum absolute atomic E-state index is 0.00807. The first-order valence-corrected chi connectivity index (χ1v) is 14.0. The highest BCUT2D eigenvalue weighted by molar-refractivity contribution is 5.92. The van der Waals surface area contributed by atoms with Crippen molar-refractivity contribution in [2.45, 2.75) is 50.9 Å². The molecule has 2 N–H and O–H groups in total. The third kappa shape index (κ3) is 5.68. The highest BCUT2D eigenvalue weighted by Gasteiger charge is 2.33. The summed E-state index contributed by atoms with van der Waals surface area (Å²) < 4.78 is 43.0. The Morgan fingerprint density at radius 3 is 2.51 bits per heavy atom. The van der Waals surface area contributed by atoms with Crippen molar-refractivity contribution < 1.29 is 37.7 Å². The van der Waals surface area contributed by atoms with Gasteiger partial charge in [-0.1, -0.05) is 0 Å². The second kappa shape index (κ2) is 11.2. The summed E-state index contributed by atoms with van der Waals surface area (Å²) in [5.74, 6) is -2.92. The fourth-order valence-corrected chi connectivity index (χ4v) is 5.46. The Hall–Kier alpha value is -4.75. The average molecular weight is 598 g/mol. The number of amides is 2. The quantitative estimate of drug-likeness (QED) is 0.400. The largest absolute Gasteiger partial charge is 0.487 e. The predicted octanol–water partition coefficient (Wildman–Crippen LogP) is 3.22. The molecule has 2 aromatic heterocycles. The summed E-state index contributed by atoms with van der Waals surface area (Å²) in [4.78, 5) is 55.2. The van der Waals surface area contributed by atoms with E-state index in [-0.39, 0.29) is 53.7 Å². The number of nitrogens with one attached hydrogen (secondary N) is 1. The number of carbonyl (C=O) groups excluding carboxylic acids is 2. The zero-order valence-electron chi connectivity index (χ0n) is 23.2. The number of hydrogen-bond acceptors (Lipinski definition) is 8. The lowest BCUT2D eigenvalue weighted by Gasteiger charge is -2.33. The number of cyclic esters (lactones) is 1. The Kier molecular flexibility index (Phi) is 7.36. The van der Waals surface area contributed by atoms with Crippen LogP contribution in [0.2, 0.25) is 0 Å². The van der Waals surface area contributed by atoms with Crippen LogP contribution in [0.3, 0.4) is 0 Å². The molecule has 0 spiro atoms. The summed E-state index contributed by atoms with van der Waals surface area (Å²) in [5.41, 5.74) is -0.646. The summed E-state index contributed by atoms with van der Waals surface area (Å²) in [7, 11) is 0. The van der Waals surface area contributed by atoms with Crippen molar-refractivity contribution in [2.75, 3.05) is 36.0 Å². The fraction of sp³-hybridized carbons (Fsp3) is 0.414. The van der Waals surface area contributed by atoms with E-state index < -0.39 is 40.8 Å². The molecule has 12 nitrogen and oxygen atoms in total. The fourth-order valence-electron chi connectivity index (χ4n) is 5.46. The van der Waals surface area contributed by atoms with Crippen molar-refractivity contribution in [1.29, 1.82) is 0 Å². The van der Waals surface area contributed by atoms with Gasteiger partial charge in [0.2, 0.25) is 11.3 Å². The zero-order chi connectivity index (χ0) is 30.4. The van der Waals surface area contributed by atoms with Gasteiger partial charge in [-0.15, -0.1) is 0 Å². The normalized spacial score (nSPS) is 19.0. The van der Waals surface area contributed by atoms with E-state index in [4.69, 9.17) is 9.47 Å². The molecule has 1 saturated carbocycles. The van der Waals surface area contributed by atoms with E-state index in [2.05, 4.69) is 10.3 Å². The molecule has 1 atom stereocenters. The van der Waals surface area contributed by atoms with Gasteiger partial charge >= 0.3 is 12.1 Å². The van der Waals surface area contributed by atoms with Crippen molar-refractivity contribution >= 4 is 40.5 Å². The molecular formula is C29H29F2N5O7. The zero-order valence-corrected chi connectivity index (χ0v) is 23.2. The highest BCUT2D eigenvalue weighted by Crippen LogP contribution is 2.37. The first-order valence-electron chi connectivity index (χ1n) is 14.0. The minimum atomic E-state index is -1.37. The maximum absolute atomic E-state index is 15.2. The molecule has 226 valence electrons. The van der Waals surface area contributed by atoms with Crippen LogP contribution in [0.1, 0.15) is 49.0 Å². The van der Waals surface area contributed by atoms with E-state index in [0.717, 1.165) is 18.9 Å². The first kappa shape index (κ1) is 28.4. The standard InChI is InChI=1S/C29H29F2N5O7/c1-15(37)32-12-19-13-36(29(41)43-19)17-4-5-24(22(30)10-17)42-18-6-8-34(9-7-18)27-23(31)11-20-25(38)21(28(39)40)14-35(16-2-3-16)26(20)33-27/h4-5,10-11,14,16,18-19H,2-3,6-9,12-13H2,1H3,(H,32,37)(H,39,40). The molecule has 2 amide bonds. The van der Waals surface area contributed by atoms with Gasteiger partial charge in [0, 0.05) is 51.2 Å². The Balaban J connectivity index is 1.12. The number of piperidine rings is 1. The van der Waals surface area contributed by atoms with Crippen LogP contribution >= 0.6 is 0 Å². The Bertz CT molecular complexity index is 1680. The SMILES string of the molecule is CC(=O)NCC1CN(c2ccc(OC3CCN(c4nc5c(cc4F)c(=O)c(C(=O)O)cn5C4CC4)CC3)c(F)c2)C(=O)O1. The first-order chi connectivity index (χ1) is 20.6. The van der Waals surface area contributed by atoms with Crippen LogP contribution < -0.4 is 25.3 Å². The third-order valence-electron chi connectivity index (χ3n) is 7.83. The Morgan fingerprint density at radius 1 is 1.12 bits per heavy atom. The van der Waals surface area contributed by atoms with Gasteiger partial charge in [0.25, 0.3) is 0 Å². The predicted molar refractivity (Wildman–Crippen MR) is 150 cm³/mol. The average Bonchev–Trinajstić information content (AvgIpc) is 3.75. The molecule has 3 fully saturated rings. The number of ether oxygens (including phenoxy) is 2. The summed E-state index contributed by atoms with van der Waals surface area (Å²) in [5, 5.41) is 12.0. The topological polar surface area (TPSA) is 143 Å². The molecule has 6 rings (SSSR count). The van der Waals surface area contributed by atoms with Crippen molar-refractivity contribution in [3.05, 3.63) is 57.9 Å². The van der Waals surface area contributed by atoms with Crippen molar-refractivity contribution in [1.82, 2.24) is 14.9 Å². The number of carboxylic acids is 1. The van der Waals surface area contributed by atoms with E-state index in [0.29, 0.717) is 31.6 Å².